The maximum atomic E-state index is 6.83. The first-order valence-electron chi connectivity index (χ1n) is 18.7. The van der Waals surface area contributed by atoms with E-state index in [4.69, 9.17) is 8.83 Å². The van der Waals surface area contributed by atoms with E-state index in [0.29, 0.717) is 0 Å². The number of nitrogens with zero attached hydrogens (tertiary/aromatic N) is 1. The van der Waals surface area contributed by atoms with Crippen molar-refractivity contribution in [1.82, 2.24) is 0 Å². The fourth-order valence-corrected chi connectivity index (χ4v) is 8.17. The zero-order valence-electron chi connectivity index (χ0n) is 29.8. The molecular weight excluding hydrogens is 671 g/mol. The zero-order chi connectivity index (χ0) is 36.3. The second-order valence-corrected chi connectivity index (χ2v) is 14.1. The molecule has 0 amide bonds. The molecule has 0 radical (unpaired) electrons. The Kier molecular flexibility index (Phi) is 7.17. The first kappa shape index (κ1) is 31.2. The van der Waals surface area contributed by atoms with E-state index in [0.717, 1.165) is 83.2 Å². The molecule has 0 aliphatic rings. The zero-order valence-corrected chi connectivity index (χ0v) is 29.8. The summed E-state index contributed by atoms with van der Waals surface area (Å²) >= 11 is 0. The van der Waals surface area contributed by atoms with Gasteiger partial charge in [-0.05, 0) is 81.1 Å². The van der Waals surface area contributed by atoms with E-state index in [1.165, 1.54) is 21.9 Å². The molecule has 2 aromatic heterocycles. The van der Waals surface area contributed by atoms with Crippen LogP contribution in [-0.4, -0.2) is 0 Å². The second kappa shape index (κ2) is 12.6. The van der Waals surface area contributed by atoms with Crippen LogP contribution >= 0.6 is 0 Å². The lowest BCUT2D eigenvalue weighted by Gasteiger charge is -2.28. The molecule has 0 aliphatic heterocycles. The van der Waals surface area contributed by atoms with E-state index in [9.17, 15) is 0 Å². The Bertz CT molecular complexity index is 3190. The predicted molar refractivity (Wildman–Crippen MR) is 229 cm³/mol. The number of anilines is 3. The Morgan fingerprint density at radius 3 is 1.60 bits per heavy atom. The summed E-state index contributed by atoms with van der Waals surface area (Å²) in [5, 5.41) is 6.81. The summed E-state index contributed by atoms with van der Waals surface area (Å²) in [4.78, 5) is 2.32. The van der Waals surface area contributed by atoms with Crippen molar-refractivity contribution in [2.24, 2.45) is 0 Å². The Balaban J connectivity index is 1.10. The average Bonchev–Trinajstić information content (AvgIpc) is 3.84. The highest BCUT2D eigenvalue weighted by molar-refractivity contribution is 6.16. The quantitative estimate of drug-likeness (QED) is 0.173. The van der Waals surface area contributed by atoms with Crippen molar-refractivity contribution in [3.05, 3.63) is 200 Å². The van der Waals surface area contributed by atoms with Crippen molar-refractivity contribution in [3.63, 3.8) is 0 Å². The minimum atomic E-state index is 0.823. The van der Waals surface area contributed by atoms with Crippen molar-refractivity contribution in [3.8, 4) is 33.4 Å². The minimum absolute atomic E-state index is 0.823. The molecule has 0 unspecified atom stereocenters. The number of para-hydroxylation sites is 3. The fourth-order valence-electron chi connectivity index (χ4n) is 8.17. The maximum absolute atomic E-state index is 6.83. The van der Waals surface area contributed by atoms with E-state index < -0.39 is 0 Å². The van der Waals surface area contributed by atoms with Gasteiger partial charge in [-0.3, -0.25) is 0 Å². The third-order valence-corrected chi connectivity index (χ3v) is 10.9. The van der Waals surface area contributed by atoms with Crippen LogP contribution in [-0.2, 0) is 0 Å². The molecule has 55 heavy (non-hydrogen) atoms. The highest BCUT2D eigenvalue weighted by Crippen LogP contribution is 2.50. The van der Waals surface area contributed by atoms with E-state index in [1.807, 2.05) is 24.3 Å². The van der Waals surface area contributed by atoms with Gasteiger partial charge in [0.1, 0.15) is 11.2 Å². The van der Waals surface area contributed by atoms with Gasteiger partial charge in [-0.25, -0.2) is 0 Å². The first-order chi connectivity index (χ1) is 27.3. The topological polar surface area (TPSA) is 29.5 Å². The summed E-state index contributed by atoms with van der Waals surface area (Å²) in [7, 11) is 0. The van der Waals surface area contributed by atoms with Crippen molar-refractivity contribution >= 4 is 71.7 Å². The van der Waals surface area contributed by atoms with Crippen LogP contribution in [0.1, 0.15) is 0 Å². The molecule has 0 saturated heterocycles. The lowest BCUT2D eigenvalue weighted by atomic mass is 9.97. The standard InChI is InChI=1S/C52H33NO2/c1-2-12-38(13-3-1)42-31-32-46-44-16-7-9-20-49(44)55-52(46)50(42)53(47-18-10-17-45-43-15-6-8-19-48(43)54-51(45)47)41-29-27-36(28-30-41)35-21-23-37(24-22-35)40-26-25-34-11-4-5-14-39(34)33-40/h1-33H. The average molecular weight is 704 g/mol. The molecule has 0 aliphatic carbocycles. The largest absolute Gasteiger partial charge is 0.454 e. The summed E-state index contributed by atoms with van der Waals surface area (Å²) in [6.07, 6.45) is 0. The summed E-state index contributed by atoms with van der Waals surface area (Å²) in [6, 6.07) is 70.9. The lowest BCUT2D eigenvalue weighted by Crippen LogP contribution is -2.12. The van der Waals surface area contributed by atoms with E-state index in [-0.39, 0.29) is 0 Å². The Labute approximate surface area is 317 Å². The molecule has 2 heterocycles. The molecule has 0 N–H and O–H groups in total. The summed E-state index contributed by atoms with van der Waals surface area (Å²) in [5.41, 5.74) is 13.1. The molecular formula is C52H33NO2. The van der Waals surface area contributed by atoms with Crippen LogP contribution in [0.25, 0.3) is 88.0 Å². The lowest BCUT2D eigenvalue weighted by molar-refractivity contribution is 0.666. The van der Waals surface area contributed by atoms with Crippen LogP contribution in [0.15, 0.2) is 209 Å². The molecule has 3 heteroatoms. The van der Waals surface area contributed by atoms with E-state index in [1.54, 1.807) is 0 Å². The normalized spacial score (nSPS) is 11.6. The smallest absolute Gasteiger partial charge is 0.160 e. The van der Waals surface area contributed by atoms with Gasteiger partial charge in [0.15, 0.2) is 11.2 Å². The molecule has 0 fully saturated rings. The van der Waals surface area contributed by atoms with Crippen LogP contribution in [0.5, 0.6) is 0 Å². The van der Waals surface area contributed by atoms with Gasteiger partial charge in [0.25, 0.3) is 0 Å². The van der Waals surface area contributed by atoms with Crippen molar-refractivity contribution in [2.75, 3.05) is 4.90 Å². The molecule has 11 rings (SSSR count). The second-order valence-electron chi connectivity index (χ2n) is 14.1. The van der Waals surface area contributed by atoms with Gasteiger partial charge < -0.3 is 13.7 Å². The Hall–Kier alpha value is -7.36. The van der Waals surface area contributed by atoms with Crippen LogP contribution in [0.4, 0.5) is 17.1 Å². The number of benzene rings is 9. The van der Waals surface area contributed by atoms with E-state index in [2.05, 4.69) is 181 Å². The predicted octanol–water partition coefficient (Wildman–Crippen LogP) is 15.1. The molecule has 0 spiro atoms. The summed E-state index contributed by atoms with van der Waals surface area (Å²) < 4.78 is 13.5. The van der Waals surface area contributed by atoms with Crippen molar-refractivity contribution in [1.29, 1.82) is 0 Å². The van der Waals surface area contributed by atoms with Crippen LogP contribution in [0.2, 0.25) is 0 Å². The van der Waals surface area contributed by atoms with Crippen molar-refractivity contribution < 1.29 is 8.83 Å². The Morgan fingerprint density at radius 2 is 0.873 bits per heavy atom. The Morgan fingerprint density at radius 1 is 0.327 bits per heavy atom. The molecule has 9 aromatic carbocycles. The number of hydrogen-bond donors (Lipinski definition) is 0. The van der Waals surface area contributed by atoms with Crippen LogP contribution in [0, 0.1) is 0 Å². The number of furan rings is 2. The number of rotatable bonds is 6. The summed E-state index contributed by atoms with van der Waals surface area (Å²) in [6.45, 7) is 0. The van der Waals surface area contributed by atoms with Gasteiger partial charge in [-0.2, -0.15) is 0 Å². The third-order valence-electron chi connectivity index (χ3n) is 10.9. The van der Waals surface area contributed by atoms with Crippen LogP contribution < -0.4 is 4.90 Å². The van der Waals surface area contributed by atoms with E-state index >= 15 is 0 Å². The number of fused-ring (bicyclic) bond motifs is 7. The van der Waals surface area contributed by atoms with Crippen LogP contribution in [0.3, 0.4) is 0 Å². The van der Waals surface area contributed by atoms with Gasteiger partial charge in [0.2, 0.25) is 0 Å². The number of hydrogen-bond acceptors (Lipinski definition) is 3. The molecule has 0 atom stereocenters. The maximum Gasteiger partial charge on any atom is 0.160 e. The van der Waals surface area contributed by atoms with Gasteiger partial charge in [-0.1, -0.05) is 158 Å². The first-order valence-corrected chi connectivity index (χ1v) is 18.7. The van der Waals surface area contributed by atoms with Gasteiger partial charge in [0.05, 0.1) is 11.4 Å². The molecule has 0 saturated carbocycles. The molecule has 0 bridgehead atoms. The summed E-state index contributed by atoms with van der Waals surface area (Å²) in [5.74, 6) is 0. The molecule has 258 valence electrons. The minimum Gasteiger partial charge on any atom is -0.454 e. The molecule has 11 aromatic rings. The third kappa shape index (κ3) is 5.20. The van der Waals surface area contributed by atoms with Gasteiger partial charge in [-0.15, -0.1) is 0 Å². The molecule has 3 nitrogen and oxygen atoms in total. The van der Waals surface area contributed by atoms with Gasteiger partial charge >= 0.3 is 0 Å². The van der Waals surface area contributed by atoms with Gasteiger partial charge in [0, 0.05) is 32.8 Å². The monoisotopic (exact) mass is 703 g/mol. The van der Waals surface area contributed by atoms with Crippen molar-refractivity contribution in [2.45, 2.75) is 0 Å². The highest BCUT2D eigenvalue weighted by Gasteiger charge is 2.26. The highest BCUT2D eigenvalue weighted by atomic mass is 16.3. The SMILES string of the molecule is c1ccc(-c2ccc3c(oc4ccccc43)c2N(c2ccc(-c3ccc(-c4ccc5ccccc5c4)cc3)cc2)c2cccc3c2oc2ccccc23)cc1. The fraction of sp³-hybridized carbons (Fsp3) is 0.